The number of anilines is 2. The first-order valence-electron chi connectivity index (χ1n) is 9.58. The van der Waals surface area contributed by atoms with Gasteiger partial charge in [0.25, 0.3) is 0 Å². The Morgan fingerprint density at radius 3 is 2.54 bits per heavy atom. The molecule has 1 fully saturated rings. The number of nitrogens with one attached hydrogen (secondary N) is 1. The van der Waals surface area contributed by atoms with Gasteiger partial charge in [0, 0.05) is 49.0 Å². The molecule has 0 atom stereocenters. The number of aromatic amines is 1. The van der Waals surface area contributed by atoms with Crippen LogP contribution in [0.3, 0.4) is 0 Å². The van der Waals surface area contributed by atoms with E-state index >= 15 is 0 Å². The van der Waals surface area contributed by atoms with Crippen LogP contribution >= 0.6 is 0 Å². The summed E-state index contributed by atoms with van der Waals surface area (Å²) < 4.78 is 0. The SMILES string of the molecule is Cc1cccc(N2CCN(c3ncnc4ccc(-c5cn[nH]c5)cc34)CC2)c1. The highest BCUT2D eigenvalue weighted by atomic mass is 15.3. The van der Waals surface area contributed by atoms with E-state index in [1.54, 1.807) is 6.33 Å². The minimum absolute atomic E-state index is 0.940. The second kappa shape index (κ2) is 6.96. The molecule has 1 saturated heterocycles. The van der Waals surface area contributed by atoms with Crippen molar-refractivity contribution in [2.75, 3.05) is 36.0 Å². The van der Waals surface area contributed by atoms with Gasteiger partial charge in [-0.25, -0.2) is 9.97 Å². The Labute approximate surface area is 163 Å². The third-order valence-electron chi connectivity index (χ3n) is 5.39. The summed E-state index contributed by atoms with van der Waals surface area (Å²) in [6.07, 6.45) is 5.42. The van der Waals surface area contributed by atoms with Crippen molar-refractivity contribution in [1.29, 1.82) is 0 Å². The molecule has 2 aromatic heterocycles. The number of aryl methyl sites for hydroxylation is 1. The number of aromatic nitrogens is 4. The fraction of sp³-hybridized carbons (Fsp3) is 0.227. The molecule has 5 rings (SSSR count). The van der Waals surface area contributed by atoms with Crippen LogP contribution in [-0.4, -0.2) is 46.3 Å². The zero-order valence-corrected chi connectivity index (χ0v) is 15.8. The van der Waals surface area contributed by atoms with Crippen LogP contribution in [-0.2, 0) is 0 Å². The van der Waals surface area contributed by atoms with E-state index in [0.717, 1.165) is 54.0 Å². The summed E-state index contributed by atoms with van der Waals surface area (Å²) in [5, 5.41) is 8.03. The second-order valence-electron chi connectivity index (χ2n) is 7.23. The van der Waals surface area contributed by atoms with Crippen LogP contribution in [0.4, 0.5) is 11.5 Å². The third kappa shape index (κ3) is 3.07. The maximum atomic E-state index is 4.64. The molecule has 4 aromatic rings. The molecule has 0 spiro atoms. The lowest BCUT2D eigenvalue weighted by Crippen LogP contribution is -2.47. The second-order valence-corrected chi connectivity index (χ2v) is 7.23. The van der Waals surface area contributed by atoms with Gasteiger partial charge in [0.1, 0.15) is 12.1 Å². The quantitative estimate of drug-likeness (QED) is 0.596. The van der Waals surface area contributed by atoms with E-state index < -0.39 is 0 Å². The molecule has 1 N–H and O–H groups in total. The molecule has 0 bridgehead atoms. The summed E-state index contributed by atoms with van der Waals surface area (Å²) >= 11 is 0. The van der Waals surface area contributed by atoms with E-state index in [4.69, 9.17) is 0 Å². The van der Waals surface area contributed by atoms with E-state index in [0.29, 0.717) is 0 Å². The van der Waals surface area contributed by atoms with Gasteiger partial charge < -0.3 is 9.80 Å². The smallest absolute Gasteiger partial charge is 0.140 e. The Hall–Kier alpha value is -3.41. The molecule has 6 nitrogen and oxygen atoms in total. The predicted octanol–water partition coefficient (Wildman–Crippen LogP) is 3.65. The van der Waals surface area contributed by atoms with Gasteiger partial charge in [0.2, 0.25) is 0 Å². The summed E-state index contributed by atoms with van der Waals surface area (Å²) in [4.78, 5) is 13.9. The molecule has 1 aliphatic heterocycles. The summed E-state index contributed by atoms with van der Waals surface area (Å²) in [7, 11) is 0. The number of fused-ring (bicyclic) bond motifs is 1. The number of piperazine rings is 1. The van der Waals surface area contributed by atoms with E-state index in [2.05, 4.69) is 79.4 Å². The van der Waals surface area contributed by atoms with Gasteiger partial charge >= 0.3 is 0 Å². The van der Waals surface area contributed by atoms with Crippen molar-refractivity contribution in [3.8, 4) is 11.1 Å². The average Bonchev–Trinajstić information content (AvgIpc) is 3.28. The minimum atomic E-state index is 0.940. The van der Waals surface area contributed by atoms with Crippen LogP contribution in [0.1, 0.15) is 5.56 Å². The van der Waals surface area contributed by atoms with Crippen molar-refractivity contribution in [1.82, 2.24) is 20.2 Å². The summed E-state index contributed by atoms with van der Waals surface area (Å²) in [5.74, 6) is 1.01. The topological polar surface area (TPSA) is 60.9 Å². The van der Waals surface area contributed by atoms with Gasteiger partial charge in [-0.15, -0.1) is 0 Å². The molecular formula is C22H22N6. The van der Waals surface area contributed by atoms with Crippen molar-refractivity contribution in [3.63, 3.8) is 0 Å². The zero-order valence-electron chi connectivity index (χ0n) is 15.8. The highest BCUT2D eigenvalue weighted by Gasteiger charge is 2.20. The lowest BCUT2D eigenvalue weighted by atomic mass is 10.1. The Kier molecular flexibility index (Phi) is 4.16. The highest BCUT2D eigenvalue weighted by molar-refractivity contribution is 5.92. The summed E-state index contributed by atoms with van der Waals surface area (Å²) in [6, 6.07) is 15.0. The predicted molar refractivity (Wildman–Crippen MR) is 113 cm³/mol. The van der Waals surface area contributed by atoms with E-state index in [1.165, 1.54) is 11.3 Å². The number of rotatable bonds is 3. The van der Waals surface area contributed by atoms with Crippen LogP contribution in [0.5, 0.6) is 0 Å². The maximum Gasteiger partial charge on any atom is 0.140 e. The number of H-pyrrole nitrogens is 1. The Morgan fingerprint density at radius 2 is 1.75 bits per heavy atom. The molecular weight excluding hydrogens is 348 g/mol. The molecule has 0 radical (unpaired) electrons. The third-order valence-corrected chi connectivity index (χ3v) is 5.39. The first-order chi connectivity index (χ1) is 13.8. The zero-order chi connectivity index (χ0) is 18.9. The standard InChI is InChI=1S/C22H22N6/c1-16-3-2-4-19(11-16)27-7-9-28(10-8-27)22-20-12-17(18-13-25-26-14-18)5-6-21(20)23-15-24-22/h2-6,11-15H,7-10H2,1H3,(H,25,26). The van der Waals surface area contributed by atoms with Gasteiger partial charge in [-0.05, 0) is 42.3 Å². The van der Waals surface area contributed by atoms with Crippen LogP contribution < -0.4 is 9.80 Å². The van der Waals surface area contributed by atoms with Gasteiger partial charge in [-0.3, -0.25) is 5.10 Å². The fourth-order valence-electron chi connectivity index (χ4n) is 3.88. The molecule has 140 valence electrons. The molecule has 0 unspecified atom stereocenters. The average molecular weight is 370 g/mol. The van der Waals surface area contributed by atoms with Crippen molar-refractivity contribution >= 4 is 22.4 Å². The molecule has 0 aliphatic carbocycles. The fourth-order valence-corrected chi connectivity index (χ4v) is 3.88. The molecule has 0 saturated carbocycles. The molecule has 2 aromatic carbocycles. The number of hydrogen-bond donors (Lipinski definition) is 1. The van der Waals surface area contributed by atoms with Gasteiger partial charge in [0.05, 0.1) is 11.7 Å². The largest absolute Gasteiger partial charge is 0.368 e. The minimum Gasteiger partial charge on any atom is -0.368 e. The van der Waals surface area contributed by atoms with Crippen LogP contribution in [0.2, 0.25) is 0 Å². The lowest BCUT2D eigenvalue weighted by molar-refractivity contribution is 0.649. The maximum absolute atomic E-state index is 4.64. The molecule has 28 heavy (non-hydrogen) atoms. The van der Waals surface area contributed by atoms with Crippen molar-refractivity contribution in [2.24, 2.45) is 0 Å². The number of nitrogens with zero attached hydrogens (tertiary/aromatic N) is 5. The Balaban J connectivity index is 1.43. The first-order valence-corrected chi connectivity index (χ1v) is 9.58. The first kappa shape index (κ1) is 16.7. The molecule has 6 heteroatoms. The van der Waals surface area contributed by atoms with E-state index in [1.807, 2.05) is 12.4 Å². The summed E-state index contributed by atoms with van der Waals surface area (Å²) in [5.41, 5.74) is 5.76. The van der Waals surface area contributed by atoms with Crippen molar-refractivity contribution < 1.29 is 0 Å². The Morgan fingerprint density at radius 1 is 0.893 bits per heavy atom. The van der Waals surface area contributed by atoms with Crippen molar-refractivity contribution in [3.05, 3.63) is 66.7 Å². The van der Waals surface area contributed by atoms with Crippen LogP contribution in [0.15, 0.2) is 61.2 Å². The molecule has 0 amide bonds. The lowest BCUT2D eigenvalue weighted by Gasteiger charge is -2.37. The highest BCUT2D eigenvalue weighted by Crippen LogP contribution is 2.29. The van der Waals surface area contributed by atoms with E-state index in [-0.39, 0.29) is 0 Å². The van der Waals surface area contributed by atoms with Gasteiger partial charge in [0.15, 0.2) is 0 Å². The monoisotopic (exact) mass is 370 g/mol. The molecule has 3 heterocycles. The normalized spacial score (nSPS) is 14.6. The Bertz CT molecular complexity index is 1100. The van der Waals surface area contributed by atoms with Gasteiger partial charge in [-0.1, -0.05) is 18.2 Å². The number of hydrogen-bond acceptors (Lipinski definition) is 5. The van der Waals surface area contributed by atoms with Crippen molar-refractivity contribution in [2.45, 2.75) is 6.92 Å². The molecule has 1 aliphatic rings. The van der Waals surface area contributed by atoms with Crippen LogP contribution in [0.25, 0.3) is 22.0 Å². The van der Waals surface area contributed by atoms with Gasteiger partial charge in [-0.2, -0.15) is 5.10 Å². The summed E-state index contributed by atoms with van der Waals surface area (Å²) in [6.45, 7) is 5.99. The van der Waals surface area contributed by atoms with Crippen LogP contribution in [0, 0.1) is 6.92 Å². The number of benzene rings is 2. The van der Waals surface area contributed by atoms with E-state index in [9.17, 15) is 0 Å².